The number of carboxylic acids is 1. The number of carbonyl (C=O) groups is 2. The molecular weight excluding hydrogens is 340 g/mol. The first-order chi connectivity index (χ1) is 11.8. The Morgan fingerprint density at radius 1 is 1.28 bits per heavy atom. The van der Waals surface area contributed by atoms with E-state index < -0.39 is 17.5 Å². The summed E-state index contributed by atoms with van der Waals surface area (Å²) in [5.74, 6) is -0.557. The van der Waals surface area contributed by atoms with Crippen molar-refractivity contribution in [3.05, 3.63) is 63.2 Å². The van der Waals surface area contributed by atoms with Crippen molar-refractivity contribution >= 4 is 23.4 Å². The van der Waals surface area contributed by atoms with Crippen molar-refractivity contribution in [2.45, 2.75) is 38.2 Å². The van der Waals surface area contributed by atoms with Gasteiger partial charge >= 0.3 is 5.97 Å². The molecule has 1 heterocycles. The highest BCUT2D eigenvalue weighted by Gasteiger charge is 2.48. The van der Waals surface area contributed by atoms with Crippen molar-refractivity contribution in [1.29, 1.82) is 0 Å². The summed E-state index contributed by atoms with van der Waals surface area (Å²) >= 11 is 6.43. The molecule has 1 aliphatic carbocycles. The Balaban J connectivity index is 1.90. The molecule has 5 heteroatoms. The topological polar surface area (TPSA) is 63.6 Å². The molecule has 2 atom stereocenters. The lowest BCUT2D eigenvalue weighted by Crippen LogP contribution is -2.29. The monoisotopic (exact) mass is 356 g/mol. The molecular formula is C20H17ClO4. The fourth-order valence-corrected chi connectivity index (χ4v) is 4.28. The van der Waals surface area contributed by atoms with Gasteiger partial charge in [-0.3, -0.25) is 4.79 Å². The Bertz CT molecular complexity index is 919. The van der Waals surface area contributed by atoms with E-state index in [1.54, 1.807) is 6.92 Å². The number of Topliss-reactive ketones (excluding diaryl/α,β-unsaturated/α-hetero) is 1. The second kappa shape index (κ2) is 5.33. The number of ketones is 1. The quantitative estimate of drug-likeness (QED) is 0.890. The standard InChI is InChI=1S/C20H17ClO4/c1-10-15-13(12-8-14(19(23)24)25-17(12)16(10)21)9-20(2,18(15)22)11-6-4-3-5-7-11/h3-7,14H,8-9H2,1-2H3,(H,23,24). The van der Waals surface area contributed by atoms with Crippen molar-refractivity contribution in [3.8, 4) is 5.75 Å². The molecule has 2 aromatic carbocycles. The molecule has 0 saturated heterocycles. The first kappa shape index (κ1) is 16.2. The summed E-state index contributed by atoms with van der Waals surface area (Å²) in [6, 6.07) is 9.68. The zero-order valence-corrected chi connectivity index (χ0v) is 14.7. The van der Waals surface area contributed by atoms with Crippen LogP contribution in [0.3, 0.4) is 0 Å². The zero-order chi connectivity index (χ0) is 17.9. The minimum absolute atomic E-state index is 0.0367. The maximum absolute atomic E-state index is 13.3. The van der Waals surface area contributed by atoms with Crippen molar-refractivity contribution in [2.24, 2.45) is 0 Å². The number of halogens is 1. The maximum atomic E-state index is 13.3. The molecule has 0 radical (unpaired) electrons. The highest BCUT2D eigenvalue weighted by molar-refractivity contribution is 6.34. The number of aliphatic carboxylic acids is 1. The Kier molecular flexibility index (Phi) is 3.45. The molecule has 0 aromatic heterocycles. The number of rotatable bonds is 2. The lowest BCUT2D eigenvalue weighted by atomic mass is 9.78. The fraction of sp³-hybridized carbons (Fsp3) is 0.300. The number of hydrogen-bond acceptors (Lipinski definition) is 3. The van der Waals surface area contributed by atoms with Gasteiger partial charge in [0.25, 0.3) is 0 Å². The van der Waals surface area contributed by atoms with E-state index in [-0.39, 0.29) is 12.2 Å². The van der Waals surface area contributed by atoms with E-state index in [2.05, 4.69) is 0 Å². The van der Waals surface area contributed by atoms with Gasteiger partial charge in [-0.15, -0.1) is 0 Å². The molecule has 4 rings (SSSR count). The lowest BCUT2D eigenvalue weighted by molar-refractivity contribution is -0.144. The van der Waals surface area contributed by atoms with Crippen molar-refractivity contribution in [1.82, 2.24) is 0 Å². The molecule has 0 spiro atoms. The molecule has 1 N–H and O–H groups in total. The summed E-state index contributed by atoms with van der Waals surface area (Å²) < 4.78 is 5.57. The lowest BCUT2D eigenvalue weighted by Gasteiger charge is -2.22. The van der Waals surface area contributed by atoms with Crippen molar-refractivity contribution in [2.75, 3.05) is 0 Å². The molecule has 25 heavy (non-hydrogen) atoms. The number of carboxylic acid groups (broad SMARTS) is 1. The summed E-state index contributed by atoms with van der Waals surface area (Å²) in [4.78, 5) is 24.6. The second-order valence-electron chi connectivity index (χ2n) is 6.95. The van der Waals surface area contributed by atoms with Crippen molar-refractivity contribution < 1.29 is 19.4 Å². The average Bonchev–Trinajstić information content (AvgIpc) is 3.15. The van der Waals surface area contributed by atoms with Gasteiger partial charge in [0, 0.05) is 17.5 Å². The minimum atomic E-state index is -1.02. The van der Waals surface area contributed by atoms with Crippen LogP contribution in [-0.4, -0.2) is 23.0 Å². The minimum Gasteiger partial charge on any atom is -0.478 e. The highest BCUT2D eigenvalue weighted by atomic mass is 35.5. The fourth-order valence-electron chi connectivity index (χ4n) is 4.02. The van der Waals surface area contributed by atoms with Gasteiger partial charge < -0.3 is 9.84 Å². The SMILES string of the molecule is Cc1c(Cl)c2c(c3c1C(=O)C(C)(c1ccccc1)C3)CC(C(=O)O)O2. The Hall–Kier alpha value is -2.33. The van der Waals surface area contributed by atoms with Crippen LogP contribution >= 0.6 is 11.6 Å². The van der Waals surface area contributed by atoms with Crippen LogP contribution in [0.1, 0.15) is 39.5 Å². The van der Waals surface area contributed by atoms with E-state index >= 15 is 0 Å². The van der Waals surface area contributed by atoms with Gasteiger partial charge in [0.2, 0.25) is 0 Å². The largest absolute Gasteiger partial charge is 0.478 e. The number of carbonyl (C=O) groups excluding carboxylic acids is 1. The van der Waals surface area contributed by atoms with Crippen LogP contribution < -0.4 is 4.74 Å². The Labute approximate surface area is 150 Å². The third kappa shape index (κ3) is 2.13. The normalized spacial score (nSPS) is 24.0. The van der Waals surface area contributed by atoms with Gasteiger partial charge in [0.1, 0.15) is 5.75 Å². The molecule has 4 nitrogen and oxygen atoms in total. The van der Waals surface area contributed by atoms with E-state index in [9.17, 15) is 14.7 Å². The average molecular weight is 357 g/mol. The molecule has 2 aliphatic rings. The van der Waals surface area contributed by atoms with E-state index in [1.807, 2.05) is 37.3 Å². The van der Waals surface area contributed by atoms with Crippen LogP contribution in [0.15, 0.2) is 30.3 Å². The summed E-state index contributed by atoms with van der Waals surface area (Å²) in [6.45, 7) is 3.74. The summed E-state index contributed by atoms with van der Waals surface area (Å²) in [6.07, 6.45) is -0.177. The van der Waals surface area contributed by atoms with E-state index in [0.29, 0.717) is 28.3 Å². The van der Waals surface area contributed by atoms with Crippen LogP contribution in [0.5, 0.6) is 5.75 Å². The third-order valence-electron chi connectivity index (χ3n) is 5.44. The second-order valence-corrected chi connectivity index (χ2v) is 7.33. The molecule has 0 bridgehead atoms. The summed E-state index contributed by atoms with van der Waals surface area (Å²) in [7, 11) is 0. The van der Waals surface area contributed by atoms with Gasteiger partial charge in [-0.2, -0.15) is 0 Å². The highest BCUT2D eigenvalue weighted by Crippen LogP contribution is 2.50. The number of hydrogen-bond donors (Lipinski definition) is 1. The van der Waals surface area contributed by atoms with Crippen LogP contribution in [0.4, 0.5) is 0 Å². The van der Waals surface area contributed by atoms with E-state index in [0.717, 1.165) is 16.7 Å². The molecule has 0 fully saturated rings. The summed E-state index contributed by atoms with van der Waals surface area (Å²) in [5, 5.41) is 9.64. The van der Waals surface area contributed by atoms with Crippen LogP contribution in [0, 0.1) is 6.92 Å². The number of benzene rings is 2. The molecule has 128 valence electrons. The van der Waals surface area contributed by atoms with Gasteiger partial charge in [0.15, 0.2) is 11.9 Å². The molecule has 0 amide bonds. The van der Waals surface area contributed by atoms with Gasteiger partial charge in [0.05, 0.1) is 10.4 Å². The van der Waals surface area contributed by atoms with Gasteiger partial charge in [-0.1, -0.05) is 41.9 Å². The van der Waals surface area contributed by atoms with Gasteiger partial charge in [-0.05, 0) is 37.0 Å². The van der Waals surface area contributed by atoms with Gasteiger partial charge in [-0.25, -0.2) is 4.79 Å². The Morgan fingerprint density at radius 3 is 2.60 bits per heavy atom. The van der Waals surface area contributed by atoms with Crippen LogP contribution in [-0.2, 0) is 23.1 Å². The van der Waals surface area contributed by atoms with E-state index in [1.165, 1.54) is 0 Å². The zero-order valence-electron chi connectivity index (χ0n) is 13.9. The molecule has 2 unspecified atom stereocenters. The maximum Gasteiger partial charge on any atom is 0.345 e. The summed E-state index contributed by atoms with van der Waals surface area (Å²) in [5.41, 5.74) is 3.24. The van der Waals surface area contributed by atoms with Crippen molar-refractivity contribution in [3.63, 3.8) is 0 Å². The predicted octanol–water partition coefficient (Wildman–Crippen LogP) is 3.73. The number of ether oxygens (including phenoxy) is 1. The molecule has 2 aromatic rings. The van der Waals surface area contributed by atoms with E-state index in [4.69, 9.17) is 16.3 Å². The van der Waals surface area contributed by atoms with Crippen LogP contribution in [0.25, 0.3) is 0 Å². The smallest absolute Gasteiger partial charge is 0.345 e. The Morgan fingerprint density at radius 2 is 1.96 bits per heavy atom. The third-order valence-corrected chi connectivity index (χ3v) is 5.89. The molecule has 1 aliphatic heterocycles. The molecule has 0 saturated carbocycles. The predicted molar refractivity (Wildman–Crippen MR) is 93.8 cm³/mol. The van der Waals surface area contributed by atoms with Crippen LogP contribution in [0.2, 0.25) is 5.02 Å². The number of fused-ring (bicyclic) bond motifs is 3. The first-order valence-electron chi connectivity index (χ1n) is 8.18. The first-order valence-corrected chi connectivity index (χ1v) is 8.56.